The van der Waals surface area contributed by atoms with Gasteiger partial charge >= 0.3 is 0 Å². The van der Waals surface area contributed by atoms with Crippen LogP contribution in [0, 0.1) is 23.7 Å². The van der Waals surface area contributed by atoms with Gasteiger partial charge in [-0.15, -0.1) is 0 Å². The normalized spacial score (nSPS) is 26.0. The lowest BCUT2D eigenvalue weighted by molar-refractivity contribution is -0.126. The van der Waals surface area contributed by atoms with Crippen LogP contribution in [0.1, 0.15) is 22.5 Å². The summed E-state index contributed by atoms with van der Waals surface area (Å²) >= 11 is 0. The standard InChI is InChI=1S/C33H25N3O3/c37-31-28-22-19-23(33(39,21-13-5-2-6-14-21)25-16-8-10-18-35-25)29(30(28)32(38)36-31)27(22)26(20-11-3-1-4-12-20)24-15-7-9-17-34-24/h1-19,22,28-30,39H,(H,36,37,38)/b27-26+/t22-,28-,29?,30?,33?/m0/s1. The second kappa shape index (κ2) is 8.96. The number of hydrogen-bond acceptors (Lipinski definition) is 5. The Balaban J connectivity index is 1.53. The molecule has 0 spiro atoms. The molecule has 2 fully saturated rings. The van der Waals surface area contributed by atoms with E-state index in [1.807, 2.05) is 97.1 Å². The Labute approximate surface area is 225 Å². The summed E-state index contributed by atoms with van der Waals surface area (Å²) in [7, 11) is 0. The summed E-state index contributed by atoms with van der Waals surface area (Å²) in [5.74, 6) is -2.62. The van der Waals surface area contributed by atoms with E-state index in [0.29, 0.717) is 16.8 Å². The van der Waals surface area contributed by atoms with Crippen LogP contribution in [0.4, 0.5) is 0 Å². The van der Waals surface area contributed by atoms with Crippen molar-refractivity contribution in [2.24, 2.45) is 23.7 Å². The van der Waals surface area contributed by atoms with Crippen LogP contribution < -0.4 is 5.32 Å². The minimum absolute atomic E-state index is 0.264. The third kappa shape index (κ3) is 3.45. The van der Waals surface area contributed by atoms with Crippen LogP contribution in [0.2, 0.25) is 0 Å². The SMILES string of the molecule is O=C1NC(=O)[C@@H]2C1C1C(C(O)(c3ccccc3)c3ccccn3)=C[C@H]2/C1=C(/c1ccccc1)c1ccccn1. The molecule has 2 aliphatic carbocycles. The Morgan fingerprint density at radius 1 is 0.744 bits per heavy atom. The zero-order valence-electron chi connectivity index (χ0n) is 20.9. The van der Waals surface area contributed by atoms with Gasteiger partial charge in [-0.3, -0.25) is 24.9 Å². The predicted octanol–water partition coefficient (Wildman–Crippen LogP) is 4.29. The zero-order valence-corrected chi connectivity index (χ0v) is 20.9. The Morgan fingerprint density at radius 3 is 2.05 bits per heavy atom. The topological polar surface area (TPSA) is 92.2 Å². The number of carbonyl (C=O) groups excluding carboxylic acids is 2. The van der Waals surface area contributed by atoms with E-state index in [4.69, 9.17) is 4.98 Å². The molecule has 4 aromatic rings. The van der Waals surface area contributed by atoms with Gasteiger partial charge in [-0.1, -0.05) is 78.9 Å². The maximum Gasteiger partial charge on any atom is 0.231 e. The van der Waals surface area contributed by atoms with Gasteiger partial charge in [0.15, 0.2) is 5.60 Å². The van der Waals surface area contributed by atoms with E-state index in [-0.39, 0.29) is 17.7 Å². The molecular weight excluding hydrogens is 486 g/mol. The van der Waals surface area contributed by atoms with Crippen molar-refractivity contribution in [2.45, 2.75) is 5.60 Å². The largest absolute Gasteiger partial charge is 0.375 e. The number of nitrogens with one attached hydrogen (secondary N) is 1. The molecule has 1 aliphatic heterocycles. The molecule has 39 heavy (non-hydrogen) atoms. The van der Waals surface area contributed by atoms with Crippen molar-refractivity contribution >= 4 is 17.4 Å². The van der Waals surface area contributed by atoms with E-state index in [1.165, 1.54) is 0 Å². The molecule has 6 nitrogen and oxygen atoms in total. The average Bonchev–Trinajstić information content (AvgIpc) is 3.63. The monoisotopic (exact) mass is 511 g/mol. The fourth-order valence-corrected chi connectivity index (χ4v) is 6.77. The van der Waals surface area contributed by atoms with E-state index in [0.717, 1.165) is 22.4 Å². The molecule has 2 bridgehead atoms. The Hall–Kier alpha value is -4.68. The first kappa shape index (κ1) is 23.4. The lowest BCUT2D eigenvalue weighted by Gasteiger charge is -2.36. The van der Waals surface area contributed by atoms with Gasteiger partial charge < -0.3 is 5.11 Å². The highest BCUT2D eigenvalue weighted by atomic mass is 16.3. The van der Waals surface area contributed by atoms with Gasteiger partial charge in [0.1, 0.15) is 0 Å². The Morgan fingerprint density at radius 2 is 1.38 bits per heavy atom. The first-order valence-corrected chi connectivity index (χ1v) is 13.1. The Kier molecular flexibility index (Phi) is 5.39. The summed E-state index contributed by atoms with van der Waals surface area (Å²) in [6.07, 6.45) is 5.41. The van der Waals surface area contributed by atoms with E-state index in [9.17, 15) is 14.7 Å². The molecule has 7 rings (SSSR count). The van der Waals surface area contributed by atoms with Crippen molar-refractivity contribution < 1.29 is 14.7 Å². The minimum atomic E-state index is -1.60. The number of allylic oxidation sites excluding steroid dienone is 2. The summed E-state index contributed by atoms with van der Waals surface area (Å²) < 4.78 is 0. The highest BCUT2D eigenvalue weighted by Gasteiger charge is 2.64. The van der Waals surface area contributed by atoms with Crippen LogP contribution in [0.15, 0.2) is 127 Å². The first-order valence-electron chi connectivity index (χ1n) is 13.1. The summed E-state index contributed by atoms with van der Waals surface area (Å²) in [6, 6.07) is 30.6. The second-order valence-corrected chi connectivity index (χ2v) is 10.2. The van der Waals surface area contributed by atoms with Crippen LogP contribution in [0.5, 0.6) is 0 Å². The van der Waals surface area contributed by atoms with Gasteiger partial charge in [0.05, 0.1) is 23.2 Å². The summed E-state index contributed by atoms with van der Waals surface area (Å²) in [4.78, 5) is 35.7. The molecule has 3 aliphatic rings. The second-order valence-electron chi connectivity index (χ2n) is 10.2. The van der Waals surface area contributed by atoms with Crippen molar-refractivity contribution in [1.82, 2.24) is 15.3 Å². The first-order chi connectivity index (χ1) is 19.1. The highest BCUT2D eigenvalue weighted by molar-refractivity contribution is 6.08. The molecule has 3 unspecified atom stereocenters. The molecule has 3 heterocycles. The average molecular weight is 512 g/mol. The number of aromatic nitrogens is 2. The van der Waals surface area contributed by atoms with Gasteiger partial charge in [-0.05, 0) is 46.5 Å². The maximum absolute atomic E-state index is 13.3. The third-order valence-corrected chi connectivity index (χ3v) is 8.29. The minimum Gasteiger partial charge on any atom is -0.375 e. The number of rotatable bonds is 5. The zero-order chi connectivity index (χ0) is 26.6. The van der Waals surface area contributed by atoms with Crippen molar-refractivity contribution in [3.05, 3.63) is 149 Å². The van der Waals surface area contributed by atoms with Crippen LogP contribution in [-0.4, -0.2) is 26.9 Å². The molecule has 0 radical (unpaired) electrons. The summed E-state index contributed by atoms with van der Waals surface area (Å²) in [5, 5.41) is 15.3. The maximum atomic E-state index is 13.3. The van der Waals surface area contributed by atoms with E-state index in [1.54, 1.807) is 18.5 Å². The quantitative estimate of drug-likeness (QED) is 0.308. The number of fused-ring (bicyclic) bond motifs is 5. The van der Waals surface area contributed by atoms with Crippen molar-refractivity contribution in [3.8, 4) is 0 Å². The van der Waals surface area contributed by atoms with Gasteiger partial charge in [0.2, 0.25) is 11.8 Å². The molecule has 190 valence electrons. The van der Waals surface area contributed by atoms with Gasteiger partial charge in [-0.25, -0.2) is 0 Å². The fraction of sp³-hybridized carbons (Fsp3) is 0.152. The lowest BCUT2D eigenvalue weighted by atomic mass is 9.71. The molecule has 5 atom stereocenters. The van der Waals surface area contributed by atoms with Crippen LogP contribution in [0.3, 0.4) is 0 Å². The number of amides is 2. The van der Waals surface area contributed by atoms with Gasteiger partial charge in [0.25, 0.3) is 0 Å². The number of aliphatic hydroxyl groups is 1. The summed E-state index contributed by atoms with van der Waals surface area (Å²) in [6.45, 7) is 0. The molecular formula is C33H25N3O3. The van der Waals surface area contributed by atoms with E-state index < -0.39 is 23.4 Å². The van der Waals surface area contributed by atoms with Crippen molar-refractivity contribution in [2.75, 3.05) is 0 Å². The number of hydrogen-bond donors (Lipinski definition) is 2. The van der Waals surface area contributed by atoms with Gasteiger partial charge in [-0.2, -0.15) is 0 Å². The number of benzene rings is 2. The molecule has 2 amide bonds. The molecule has 1 saturated carbocycles. The molecule has 6 heteroatoms. The molecule has 2 aromatic carbocycles. The lowest BCUT2D eigenvalue weighted by Crippen LogP contribution is -2.38. The van der Waals surface area contributed by atoms with Crippen LogP contribution >= 0.6 is 0 Å². The van der Waals surface area contributed by atoms with E-state index >= 15 is 0 Å². The highest BCUT2D eigenvalue weighted by Crippen LogP contribution is 2.63. The Bertz CT molecular complexity index is 1550. The number of imide groups is 1. The molecule has 2 N–H and O–H groups in total. The number of carbonyl (C=O) groups is 2. The smallest absolute Gasteiger partial charge is 0.231 e. The third-order valence-electron chi connectivity index (χ3n) is 8.29. The number of pyridine rings is 2. The fourth-order valence-electron chi connectivity index (χ4n) is 6.77. The van der Waals surface area contributed by atoms with Gasteiger partial charge in [0, 0.05) is 29.8 Å². The van der Waals surface area contributed by atoms with Crippen LogP contribution in [-0.2, 0) is 15.2 Å². The summed E-state index contributed by atoms with van der Waals surface area (Å²) in [5.41, 5.74) is 3.74. The van der Waals surface area contributed by atoms with Crippen molar-refractivity contribution in [1.29, 1.82) is 0 Å². The van der Waals surface area contributed by atoms with E-state index in [2.05, 4.69) is 10.3 Å². The predicted molar refractivity (Wildman–Crippen MR) is 146 cm³/mol. The van der Waals surface area contributed by atoms with Crippen molar-refractivity contribution in [3.63, 3.8) is 0 Å². The number of nitrogens with zero attached hydrogens (tertiary/aromatic N) is 2. The molecule has 1 saturated heterocycles. The molecule has 2 aromatic heterocycles. The van der Waals surface area contributed by atoms with Crippen LogP contribution in [0.25, 0.3) is 5.57 Å².